The molecule has 0 heterocycles. The minimum atomic E-state index is -0.208. The Morgan fingerprint density at radius 2 is 2.07 bits per heavy atom. The van der Waals surface area contributed by atoms with E-state index >= 15 is 0 Å². The number of phenolic OH excluding ortho intramolecular Hbond substituents is 2. The van der Waals surface area contributed by atoms with Gasteiger partial charge < -0.3 is 10.2 Å². The smallest absolute Gasteiger partial charge is 0.163 e. The Kier molecular flexibility index (Phi) is 3.41. The topological polar surface area (TPSA) is 57.5 Å². The van der Waals surface area contributed by atoms with E-state index in [4.69, 9.17) is 0 Å². The van der Waals surface area contributed by atoms with Crippen molar-refractivity contribution in [2.45, 2.75) is 18.7 Å². The van der Waals surface area contributed by atoms with Crippen LogP contribution in [-0.4, -0.2) is 21.7 Å². The summed E-state index contributed by atoms with van der Waals surface area (Å²) >= 11 is 1.31. The van der Waals surface area contributed by atoms with Gasteiger partial charge in [0.05, 0.1) is 10.5 Å². The number of aromatic hydroxyl groups is 2. The second-order valence-corrected chi connectivity index (χ2v) is 4.07. The van der Waals surface area contributed by atoms with Gasteiger partial charge in [-0.2, -0.15) is 0 Å². The van der Waals surface area contributed by atoms with E-state index in [0.29, 0.717) is 4.90 Å². The minimum Gasteiger partial charge on any atom is -0.507 e. The number of thioether (sulfide) groups is 1. The third-order valence-electron chi connectivity index (χ3n) is 1.78. The second-order valence-electron chi connectivity index (χ2n) is 2.80. The molecule has 4 heteroatoms. The molecule has 0 aromatic heterocycles. The van der Waals surface area contributed by atoms with Gasteiger partial charge in [0.2, 0.25) is 0 Å². The highest BCUT2D eigenvalue weighted by Crippen LogP contribution is 2.38. The molecule has 0 aliphatic carbocycles. The van der Waals surface area contributed by atoms with Gasteiger partial charge in [0.25, 0.3) is 0 Å². The van der Waals surface area contributed by atoms with Gasteiger partial charge in [0, 0.05) is 0 Å². The number of rotatable bonds is 3. The number of benzene rings is 1. The first kappa shape index (κ1) is 10.9. The van der Waals surface area contributed by atoms with Crippen LogP contribution in [-0.2, 0) is 0 Å². The number of phenols is 2. The predicted molar refractivity (Wildman–Crippen MR) is 56.2 cm³/mol. The summed E-state index contributed by atoms with van der Waals surface area (Å²) in [5, 5.41) is 19.1. The zero-order valence-corrected chi connectivity index (χ0v) is 8.89. The van der Waals surface area contributed by atoms with Crippen LogP contribution in [0.1, 0.15) is 24.2 Å². The monoisotopic (exact) mass is 212 g/mol. The molecule has 0 atom stereocenters. The number of hydrogen-bond acceptors (Lipinski definition) is 4. The van der Waals surface area contributed by atoms with Crippen molar-refractivity contribution in [2.75, 3.05) is 5.75 Å². The molecule has 14 heavy (non-hydrogen) atoms. The van der Waals surface area contributed by atoms with Crippen LogP contribution in [0.3, 0.4) is 0 Å². The van der Waals surface area contributed by atoms with E-state index in [1.54, 1.807) is 0 Å². The lowest BCUT2D eigenvalue weighted by Crippen LogP contribution is -1.93. The maximum atomic E-state index is 11.1. The molecule has 0 amide bonds. The third kappa shape index (κ3) is 2.01. The molecule has 1 aromatic rings. The van der Waals surface area contributed by atoms with Crippen LogP contribution in [0.25, 0.3) is 0 Å². The molecular formula is C10H12O3S. The molecule has 0 aliphatic rings. The zero-order chi connectivity index (χ0) is 10.7. The maximum Gasteiger partial charge on any atom is 0.163 e. The van der Waals surface area contributed by atoms with Crippen molar-refractivity contribution in [3.63, 3.8) is 0 Å². The van der Waals surface area contributed by atoms with Crippen molar-refractivity contribution in [1.82, 2.24) is 0 Å². The Hall–Kier alpha value is -1.16. The quantitative estimate of drug-likeness (QED) is 0.596. The van der Waals surface area contributed by atoms with E-state index in [1.165, 1.54) is 30.8 Å². The Balaban J connectivity index is 3.26. The van der Waals surface area contributed by atoms with Gasteiger partial charge in [-0.1, -0.05) is 6.92 Å². The van der Waals surface area contributed by atoms with Crippen molar-refractivity contribution in [2.24, 2.45) is 0 Å². The van der Waals surface area contributed by atoms with E-state index in [1.807, 2.05) is 6.92 Å². The molecular weight excluding hydrogens is 200 g/mol. The second kappa shape index (κ2) is 4.37. The highest BCUT2D eigenvalue weighted by atomic mass is 32.2. The van der Waals surface area contributed by atoms with Crippen LogP contribution in [0.4, 0.5) is 0 Å². The molecule has 0 saturated carbocycles. The molecule has 2 N–H and O–H groups in total. The number of hydrogen-bond donors (Lipinski definition) is 2. The lowest BCUT2D eigenvalue weighted by molar-refractivity contribution is 0.101. The largest absolute Gasteiger partial charge is 0.507 e. The van der Waals surface area contributed by atoms with Crippen molar-refractivity contribution >= 4 is 17.5 Å². The fourth-order valence-electron chi connectivity index (χ4n) is 1.13. The van der Waals surface area contributed by atoms with Crippen LogP contribution in [0, 0.1) is 0 Å². The summed E-state index contributed by atoms with van der Waals surface area (Å²) in [7, 11) is 0. The van der Waals surface area contributed by atoms with Crippen molar-refractivity contribution in [3.8, 4) is 11.5 Å². The number of carbonyl (C=O) groups excluding carboxylic acids is 1. The lowest BCUT2D eigenvalue weighted by Gasteiger charge is -2.08. The standard InChI is InChI=1S/C10H12O3S/c1-3-14-10-8(12)5-4-7(6(2)11)9(10)13/h4-5,12-13H,3H2,1-2H3. The van der Waals surface area contributed by atoms with Crippen LogP contribution in [0.5, 0.6) is 11.5 Å². The van der Waals surface area contributed by atoms with Crippen molar-refractivity contribution in [1.29, 1.82) is 0 Å². The maximum absolute atomic E-state index is 11.1. The third-order valence-corrected chi connectivity index (χ3v) is 2.76. The van der Waals surface area contributed by atoms with Gasteiger partial charge in [-0.25, -0.2) is 0 Å². The summed E-state index contributed by atoms with van der Waals surface area (Å²) < 4.78 is 0. The molecule has 0 fully saturated rings. The highest BCUT2D eigenvalue weighted by molar-refractivity contribution is 7.99. The first-order valence-electron chi connectivity index (χ1n) is 4.26. The number of Topliss-reactive ketones (excluding diaryl/α,β-unsaturated/α-hetero) is 1. The van der Waals surface area contributed by atoms with E-state index < -0.39 is 0 Å². The fourth-order valence-corrected chi connectivity index (χ4v) is 1.88. The van der Waals surface area contributed by atoms with Gasteiger partial charge in [-0.15, -0.1) is 11.8 Å². The first-order chi connectivity index (χ1) is 6.57. The zero-order valence-electron chi connectivity index (χ0n) is 8.07. The summed E-state index contributed by atoms with van der Waals surface area (Å²) in [4.78, 5) is 11.5. The average molecular weight is 212 g/mol. The van der Waals surface area contributed by atoms with Gasteiger partial charge in [0.15, 0.2) is 5.78 Å². The van der Waals surface area contributed by atoms with Crippen LogP contribution >= 0.6 is 11.8 Å². The van der Waals surface area contributed by atoms with Gasteiger partial charge in [0.1, 0.15) is 11.5 Å². The summed E-state index contributed by atoms with van der Waals surface area (Å²) in [6, 6.07) is 2.85. The lowest BCUT2D eigenvalue weighted by atomic mass is 10.1. The molecule has 3 nitrogen and oxygen atoms in total. The molecule has 0 unspecified atom stereocenters. The molecule has 0 bridgehead atoms. The molecule has 0 saturated heterocycles. The molecule has 1 rings (SSSR count). The normalized spacial score (nSPS) is 10.1. The Morgan fingerprint density at radius 1 is 1.43 bits per heavy atom. The van der Waals surface area contributed by atoms with E-state index in [2.05, 4.69) is 0 Å². The van der Waals surface area contributed by atoms with Crippen LogP contribution in [0.2, 0.25) is 0 Å². The van der Waals surface area contributed by atoms with Crippen LogP contribution < -0.4 is 0 Å². The summed E-state index contributed by atoms with van der Waals surface area (Å²) in [6.45, 7) is 3.29. The Bertz CT molecular complexity index is 361. The SMILES string of the molecule is CCSc1c(O)ccc(C(C)=O)c1O. The summed E-state index contributed by atoms with van der Waals surface area (Å²) in [5.74, 6) is 0.409. The van der Waals surface area contributed by atoms with E-state index in [0.717, 1.165) is 5.75 Å². The van der Waals surface area contributed by atoms with E-state index in [-0.39, 0.29) is 22.8 Å². The molecule has 0 aliphatic heterocycles. The highest BCUT2D eigenvalue weighted by Gasteiger charge is 2.14. The first-order valence-corrected chi connectivity index (χ1v) is 5.25. The average Bonchev–Trinajstić information content (AvgIpc) is 2.11. The summed E-state index contributed by atoms with van der Waals surface area (Å²) in [6.07, 6.45) is 0. The van der Waals surface area contributed by atoms with Crippen molar-refractivity contribution in [3.05, 3.63) is 17.7 Å². The van der Waals surface area contributed by atoms with Crippen LogP contribution in [0.15, 0.2) is 17.0 Å². The van der Waals surface area contributed by atoms with Gasteiger partial charge in [-0.3, -0.25) is 4.79 Å². The molecule has 0 spiro atoms. The van der Waals surface area contributed by atoms with Gasteiger partial charge >= 0.3 is 0 Å². The van der Waals surface area contributed by atoms with Gasteiger partial charge in [-0.05, 0) is 24.8 Å². The number of ketones is 1. The Morgan fingerprint density at radius 3 is 2.57 bits per heavy atom. The minimum absolute atomic E-state index is 0.0133. The molecule has 1 aromatic carbocycles. The molecule has 0 radical (unpaired) electrons. The summed E-state index contributed by atoms with van der Waals surface area (Å²) in [5.41, 5.74) is 0.249. The predicted octanol–water partition coefficient (Wildman–Crippen LogP) is 2.41. The fraction of sp³-hybridized carbons (Fsp3) is 0.300. The Labute approximate surface area is 86.8 Å². The van der Waals surface area contributed by atoms with E-state index in [9.17, 15) is 15.0 Å². The van der Waals surface area contributed by atoms with Crippen molar-refractivity contribution < 1.29 is 15.0 Å². The number of carbonyl (C=O) groups is 1. The molecule has 76 valence electrons.